The molecule has 0 unspecified atom stereocenters. The Balaban J connectivity index is 2.55. The van der Waals surface area contributed by atoms with E-state index in [1.54, 1.807) is 0 Å². The number of rotatable bonds is 4. The van der Waals surface area contributed by atoms with Gasteiger partial charge < -0.3 is 5.11 Å². The fourth-order valence-electron chi connectivity index (χ4n) is 1.91. The van der Waals surface area contributed by atoms with Crippen molar-refractivity contribution in [2.75, 3.05) is 4.72 Å². The summed E-state index contributed by atoms with van der Waals surface area (Å²) in [6.45, 7) is 2.99. The number of hydrogen-bond acceptors (Lipinski definition) is 6. The van der Waals surface area contributed by atoms with Crippen LogP contribution in [-0.2, 0) is 10.0 Å². The Morgan fingerprint density at radius 2 is 2.05 bits per heavy atom. The highest BCUT2D eigenvalue weighted by Crippen LogP contribution is 2.35. The zero-order valence-electron chi connectivity index (χ0n) is 11.1. The van der Waals surface area contributed by atoms with E-state index < -0.39 is 32.1 Å². The summed E-state index contributed by atoms with van der Waals surface area (Å²) in [5.41, 5.74) is -0.518. The number of nitrogens with one attached hydrogen (secondary N) is 2. The molecule has 1 heterocycles. The Bertz CT molecular complexity index is 793. The van der Waals surface area contributed by atoms with Gasteiger partial charge in [-0.3, -0.25) is 19.9 Å². The Morgan fingerprint density at radius 1 is 1.38 bits per heavy atom. The number of aromatic hydroxyl groups is 1. The smallest absolute Gasteiger partial charge is 0.297 e. The van der Waals surface area contributed by atoms with Crippen LogP contribution < -0.4 is 4.72 Å². The predicted molar refractivity (Wildman–Crippen MR) is 73.6 cm³/mol. The van der Waals surface area contributed by atoms with Gasteiger partial charge in [-0.05, 0) is 19.9 Å². The third-order valence-electron chi connectivity index (χ3n) is 2.78. The topological polar surface area (TPSA) is 138 Å². The van der Waals surface area contributed by atoms with Crippen LogP contribution in [0.3, 0.4) is 0 Å². The van der Waals surface area contributed by atoms with Crippen LogP contribution in [0.25, 0.3) is 0 Å². The molecule has 0 saturated heterocycles. The maximum absolute atomic E-state index is 12.3. The van der Waals surface area contributed by atoms with Gasteiger partial charge in [0.05, 0.1) is 16.3 Å². The minimum atomic E-state index is -4.12. The Kier molecular flexibility index (Phi) is 3.56. The fraction of sp³-hybridized carbons (Fsp3) is 0.182. The highest BCUT2D eigenvalue weighted by molar-refractivity contribution is 7.92. The number of nitro groups is 1. The first kappa shape index (κ1) is 14.8. The molecule has 0 fully saturated rings. The second kappa shape index (κ2) is 5.05. The van der Waals surface area contributed by atoms with Gasteiger partial charge in [0.25, 0.3) is 15.7 Å². The van der Waals surface area contributed by atoms with Crippen molar-refractivity contribution in [3.05, 3.63) is 39.7 Å². The number of para-hydroxylation sites is 1. The van der Waals surface area contributed by atoms with Crippen LogP contribution in [0.4, 0.5) is 11.4 Å². The minimum Gasteiger partial charge on any atom is -0.505 e. The molecule has 21 heavy (non-hydrogen) atoms. The van der Waals surface area contributed by atoms with Crippen LogP contribution in [0, 0.1) is 24.0 Å². The molecule has 0 atom stereocenters. The number of aromatic nitrogens is 2. The van der Waals surface area contributed by atoms with Gasteiger partial charge in [0.15, 0.2) is 5.69 Å². The molecule has 0 bridgehead atoms. The second-order valence-electron chi connectivity index (χ2n) is 4.30. The molecule has 0 spiro atoms. The molecule has 1 aromatic heterocycles. The number of nitro benzene ring substituents is 1. The molecule has 0 aliphatic rings. The average molecular weight is 312 g/mol. The van der Waals surface area contributed by atoms with E-state index in [1.165, 1.54) is 19.9 Å². The average Bonchev–Trinajstić information content (AvgIpc) is 2.71. The van der Waals surface area contributed by atoms with Crippen LogP contribution >= 0.6 is 0 Å². The summed E-state index contributed by atoms with van der Waals surface area (Å²) in [6.07, 6.45) is 0. The predicted octanol–water partition coefficient (Wildman–Crippen LogP) is 1.44. The molecule has 1 aromatic carbocycles. The third-order valence-corrected chi connectivity index (χ3v) is 4.39. The number of phenolic OH excluding ortho intramolecular Hbond substituents is 1. The maximum atomic E-state index is 12.3. The van der Waals surface area contributed by atoms with Gasteiger partial charge in [-0.15, -0.1) is 0 Å². The Morgan fingerprint density at radius 3 is 2.57 bits per heavy atom. The van der Waals surface area contributed by atoms with Crippen molar-refractivity contribution >= 4 is 21.4 Å². The fourth-order valence-corrected chi connectivity index (χ4v) is 3.37. The number of nitrogens with zero attached hydrogens (tertiary/aromatic N) is 2. The lowest BCUT2D eigenvalue weighted by molar-refractivity contribution is -0.383. The van der Waals surface area contributed by atoms with E-state index in [1.807, 2.05) is 4.72 Å². The molecule has 9 nitrogen and oxygen atoms in total. The molecule has 3 N–H and O–H groups in total. The van der Waals surface area contributed by atoms with Crippen molar-refractivity contribution in [1.29, 1.82) is 0 Å². The molecule has 2 aromatic rings. The highest BCUT2D eigenvalue weighted by atomic mass is 32.2. The molecular weight excluding hydrogens is 300 g/mol. The molecular formula is C11H12N4O5S. The maximum Gasteiger partial charge on any atom is 0.297 e. The Labute approximate surface area is 119 Å². The van der Waals surface area contributed by atoms with Gasteiger partial charge in [0.1, 0.15) is 10.6 Å². The van der Waals surface area contributed by atoms with Gasteiger partial charge in [-0.25, -0.2) is 8.42 Å². The lowest BCUT2D eigenvalue weighted by atomic mass is 10.2. The van der Waals surface area contributed by atoms with Gasteiger partial charge >= 0.3 is 0 Å². The van der Waals surface area contributed by atoms with Crippen molar-refractivity contribution in [2.24, 2.45) is 0 Å². The summed E-state index contributed by atoms with van der Waals surface area (Å²) in [5.74, 6) is -0.536. The molecule has 0 aliphatic carbocycles. The van der Waals surface area contributed by atoms with E-state index in [0.717, 1.165) is 12.1 Å². The van der Waals surface area contributed by atoms with E-state index in [4.69, 9.17) is 0 Å². The summed E-state index contributed by atoms with van der Waals surface area (Å²) >= 11 is 0. The molecule has 0 radical (unpaired) electrons. The van der Waals surface area contributed by atoms with Crippen molar-refractivity contribution in [3.63, 3.8) is 0 Å². The second-order valence-corrected chi connectivity index (χ2v) is 5.92. The third kappa shape index (κ3) is 2.65. The molecule has 2 rings (SSSR count). The number of H-pyrrole nitrogens is 1. The summed E-state index contributed by atoms with van der Waals surface area (Å²) in [6, 6.07) is 3.49. The summed E-state index contributed by atoms with van der Waals surface area (Å²) < 4.78 is 26.7. The zero-order valence-corrected chi connectivity index (χ0v) is 11.9. The quantitative estimate of drug-likeness (QED) is 0.443. The molecule has 0 saturated carbocycles. The summed E-state index contributed by atoms with van der Waals surface area (Å²) in [5, 5.41) is 26.9. The normalized spacial score (nSPS) is 11.3. The van der Waals surface area contributed by atoms with Gasteiger partial charge in [0.2, 0.25) is 0 Å². The standard InChI is InChI=1S/C11H12N4O5S/c1-6-11(7(2)13-12-6)21(19,20)14-10-8(15(17)18)4-3-5-9(10)16/h3-5,14,16H,1-2H3,(H,12,13). The van der Waals surface area contributed by atoms with Gasteiger partial charge in [0, 0.05) is 6.07 Å². The van der Waals surface area contributed by atoms with E-state index in [0.29, 0.717) is 0 Å². The van der Waals surface area contributed by atoms with Crippen molar-refractivity contribution in [1.82, 2.24) is 10.2 Å². The SMILES string of the molecule is Cc1n[nH]c(C)c1S(=O)(=O)Nc1c(O)cccc1[N+](=O)[O-]. The molecule has 0 amide bonds. The van der Waals surface area contributed by atoms with E-state index in [9.17, 15) is 23.6 Å². The summed E-state index contributed by atoms with van der Waals surface area (Å²) in [7, 11) is -4.12. The number of benzene rings is 1. The highest BCUT2D eigenvalue weighted by Gasteiger charge is 2.27. The van der Waals surface area contributed by atoms with E-state index >= 15 is 0 Å². The minimum absolute atomic E-state index is 0.111. The van der Waals surface area contributed by atoms with Gasteiger partial charge in [-0.2, -0.15) is 5.10 Å². The molecule has 10 heteroatoms. The van der Waals surface area contributed by atoms with Crippen molar-refractivity contribution < 1.29 is 18.4 Å². The summed E-state index contributed by atoms with van der Waals surface area (Å²) in [4.78, 5) is 10.0. The number of aryl methyl sites for hydroxylation is 2. The lowest BCUT2D eigenvalue weighted by Gasteiger charge is -2.10. The number of phenols is 1. The molecule has 112 valence electrons. The van der Waals surface area contributed by atoms with Crippen molar-refractivity contribution in [3.8, 4) is 5.75 Å². The van der Waals surface area contributed by atoms with Crippen LogP contribution in [0.1, 0.15) is 11.4 Å². The van der Waals surface area contributed by atoms with Crippen LogP contribution in [-0.4, -0.2) is 28.6 Å². The van der Waals surface area contributed by atoms with Crippen LogP contribution in [0.5, 0.6) is 5.75 Å². The van der Waals surface area contributed by atoms with Gasteiger partial charge in [-0.1, -0.05) is 6.07 Å². The number of anilines is 1. The number of hydrogen-bond donors (Lipinski definition) is 3. The zero-order chi connectivity index (χ0) is 15.8. The molecule has 0 aliphatic heterocycles. The first-order valence-electron chi connectivity index (χ1n) is 5.75. The number of aromatic amines is 1. The first-order chi connectivity index (χ1) is 9.74. The lowest BCUT2D eigenvalue weighted by Crippen LogP contribution is -2.15. The van der Waals surface area contributed by atoms with Crippen molar-refractivity contribution in [2.45, 2.75) is 18.7 Å². The van der Waals surface area contributed by atoms with E-state index in [2.05, 4.69) is 10.2 Å². The first-order valence-corrected chi connectivity index (χ1v) is 7.23. The van der Waals surface area contributed by atoms with E-state index in [-0.39, 0.29) is 16.3 Å². The Hall–Kier alpha value is -2.62. The van der Waals surface area contributed by atoms with Crippen LogP contribution in [0.2, 0.25) is 0 Å². The monoisotopic (exact) mass is 312 g/mol. The number of sulfonamides is 1. The largest absolute Gasteiger partial charge is 0.505 e. The van der Waals surface area contributed by atoms with Crippen LogP contribution in [0.15, 0.2) is 23.1 Å².